The van der Waals surface area contributed by atoms with Crippen LogP contribution < -0.4 is 5.32 Å². The van der Waals surface area contributed by atoms with E-state index in [2.05, 4.69) is 32.2 Å². The van der Waals surface area contributed by atoms with Gasteiger partial charge in [0, 0.05) is 13.0 Å². The van der Waals surface area contributed by atoms with Crippen LogP contribution in [0.2, 0.25) is 0 Å². The first-order valence-corrected chi connectivity index (χ1v) is 11.5. The van der Waals surface area contributed by atoms with Crippen LogP contribution in [0.4, 0.5) is 0 Å². The molecular formula is C24H37NO3. The standard InChI is InChI=1S/C24H37NO3/c1-14-10-15-11-16(26)4-6-23(15,2)17-5-7-24(3)18(21(14)17)12-20(27)22(24)19-13-28-9-8-25-19/h10,14,16-19,21,25-27H,4-9,11-13H2,1-3H3/t14?,16?,17-,18-,19?,21+,23-,24-/m0/s1. The van der Waals surface area contributed by atoms with Crippen molar-refractivity contribution in [1.29, 1.82) is 0 Å². The molecule has 0 spiro atoms. The second-order valence-corrected chi connectivity index (χ2v) is 10.8. The molecule has 0 radical (unpaired) electrons. The van der Waals surface area contributed by atoms with Crippen LogP contribution in [0.5, 0.6) is 0 Å². The quantitative estimate of drug-likeness (QED) is 0.596. The van der Waals surface area contributed by atoms with Crippen molar-refractivity contribution in [2.75, 3.05) is 19.8 Å². The van der Waals surface area contributed by atoms with Crippen molar-refractivity contribution in [1.82, 2.24) is 5.32 Å². The van der Waals surface area contributed by atoms with Gasteiger partial charge < -0.3 is 20.3 Å². The Morgan fingerprint density at radius 2 is 1.89 bits per heavy atom. The molecular weight excluding hydrogens is 350 g/mol. The molecule has 0 bridgehead atoms. The maximum absolute atomic E-state index is 11.1. The Hall–Kier alpha value is -0.840. The van der Waals surface area contributed by atoms with E-state index in [1.165, 1.54) is 17.6 Å². The minimum Gasteiger partial charge on any atom is -0.512 e. The molecule has 8 atom stereocenters. The first-order valence-electron chi connectivity index (χ1n) is 11.5. The van der Waals surface area contributed by atoms with Gasteiger partial charge in [0.15, 0.2) is 0 Å². The summed E-state index contributed by atoms with van der Waals surface area (Å²) < 4.78 is 5.75. The fraction of sp³-hybridized carbons (Fsp3) is 0.833. The van der Waals surface area contributed by atoms with Gasteiger partial charge in [-0.1, -0.05) is 32.4 Å². The Balaban J connectivity index is 1.49. The van der Waals surface area contributed by atoms with E-state index in [-0.39, 0.29) is 23.0 Å². The molecule has 0 amide bonds. The van der Waals surface area contributed by atoms with Gasteiger partial charge in [0.2, 0.25) is 0 Å². The van der Waals surface area contributed by atoms with Gasteiger partial charge in [0.25, 0.3) is 0 Å². The second-order valence-electron chi connectivity index (χ2n) is 10.8. The first kappa shape index (κ1) is 19.1. The zero-order valence-corrected chi connectivity index (χ0v) is 17.7. The van der Waals surface area contributed by atoms with Crippen LogP contribution in [0.1, 0.15) is 59.3 Å². The molecule has 5 aliphatic rings. The summed E-state index contributed by atoms with van der Waals surface area (Å²) in [5.74, 6) is 2.97. The summed E-state index contributed by atoms with van der Waals surface area (Å²) in [6.07, 6.45) is 8.49. The van der Waals surface area contributed by atoms with Crippen LogP contribution in [0.25, 0.3) is 0 Å². The number of aliphatic hydroxyl groups is 2. The number of aliphatic hydroxyl groups excluding tert-OH is 2. The average Bonchev–Trinajstić information content (AvgIpc) is 2.94. The van der Waals surface area contributed by atoms with Crippen molar-refractivity contribution in [2.45, 2.75) is 71.4 Å². The normalized spacial score (nSPS) is 51.2. The number of allylic oxidation sites excluding steroid dienone is 2. The van der Waals surface area contributed by atoms with Crippen LogP contribution in [-0.4, -0.2) is 42.1 Å². The number of hydrogen-bond acceptors (Lipinski definition) is 4. The molecule has 4 heteroatoms. The number of hydrogen-bond donors (Lipinski definition) is 3. The third-order valence-corrected chi connectivity index (χ3v) is 9.41. The highest BCUT2D eigenvalue weighted by molar-refractivity contribution is 5.35. The predicted molar refractivity (Wildman–Crippen MR) is 110 cm³/mol. The zero-order valence-electron chi connectivity index (χ0n) is 17.7. The third-order valence-electron chi connectivity index (χ3n) is 9.41. The highest BCUT2D eigenvalue weighted by Gasteiger charge is 2.60. The summed E-state index contributed by atoms with van der Waals surface area (Å²) >= 11 is 0. The molecule has 2 saturated carbocycles. The van der Waals surface area contributed by atoms with Crippen LogP contribution >= 0.6 is 0 Å². The van der Waals surface area contributed by atoms with Gasteiger partial charge in [-0.3, -0.25) is 0 Å². The van der Waals surface area contributed by atoms with Gasteiger partial charge in [-0.2, -0.15) is 0 Å². The smallest absolute Gasteiger partial charge is 0.0940 e. The maximum atomic E-state index is 11.1. The molecule has 3 N–H and O–H groups in total. The van der Waals surface area contributed by atoms with E-state index >= 15 is 0 Å². The van der Waals surface area contributed by atoms with Crippen molar-refractivity contribution in [3.63, 3.8) is 0 Å². The van der Waals surface area contributed by atoms with Crippen LogP contribution in [0.15, 0.2) is 23.0 Å². The molecule has 3 unspecified atom stereocenters. The summed E-state index contributed by atoms with van der Waals surface area (Å²) in [6, 6.07) is 0.172. The van der Waals surface area contributed by atoms with E-state index in [9.17, 15) is 10.2 Å². The van der Waals surface area contributed by atoms with E-state index in [4.69, 9.17) is 4.74 Å². The Kier molecular flexibility index (Phi) is 4.50. The molecule has 1 heterocycles. The molecule has 4 aliphatic carbocycles. The van der Waals surface area contributed by atoms with E-state index < -0.39 is 0 Å². The Morgan fingerprint density at radius 1 is 1.11 bits per heavy atom. The summed E-state index contributed by atoms with van der Waals surface area (Å²) in [4.78, 5) is 0. The minimum absolute atomic E-state index is 0.0771. The van der Waals surface area contributed by atoms with Gasteiger partial charge in [-0.05, 0) is 72.2 Å². The number of rotatable bonds is 1. The van der Waals surface area contributed by atoms with Gasteiger partial charge in [-0.25, -0.2) is 0 Å². The second kappa shape index (κ2) is 6.58. The summed E-state index contributed by atoms with van der Waals surface area (Å²) in [5.41, 5.74) is 3.08. The van der Waals surface area contributed by atoms with E-state index in [1.54, 1.807) is 0 Å². The van der Waals surface area contributed by atoms with E-state index in [0.717, 1.165) is 45.3 Å². The van der Waals surface area contributed by atoms with Crippen molar-refractivity contribution < 1.29 is 14.9 Å². The molecule has 0 aromatic rings. The fourth-order valence-corrected chi connectivity index (χ4v) is 8.03. The Bertz CT molecular complexity index is 709. The number of nitrogens with one attached hydrogen (secondary N) is 1. The van der Waals surface area contributed by atoms with Gasteiger partial charge in [0.05, 0.1) is 31.1 Å². The highest BCUT2D eigenvalue weighted by atomic mass is 16.5. The minimum atomic E-state index is -0.155. The number of morpholine rings is 1. The lowest BCUT2D eigenvalue weighted by Gasteiger charge is -2.59. The molecule has 3 fully saturated rings. The van der Waals surface area contributed by atoms with Crippen molar-refractivity contribution in [3.05, 3.63) is 23.0 Å². The third kappa shape index (κ3) is 2.60. The average molecular weight is 388 g/mol. The van der Waals surface area contributed by atoms with Crippen LogP contribution in [-0.2, 0) is 4.74 Å². The molecule has 28 heavy (non-hydrogen) atoms. The van der Waals surface area contributed by atoms with Gasteiger partial charge in [0.1, 0.15) is 0 Å². The van der Waals surface area contributed by atoms with E-state index in [0.29, 0.717) is 36.0 Å². The monoisotopic (exact) mass is 387 g/mol. The molecule has 1 saturated heterocycles. The molecule has 0 aromatic carbocycles. The Labute approximate surface area is 169 Å². The van der Waals surface area contributed by atoms with Crippen molar-refractivity contribution in [3.8, 4) is 0 Å². The molecule has 4 nitrogen and oxygen atoms in total. The Morgan fingerprint density at radius 3 is 2.64 bits per heavy atom. The van der Waals surface area contributed by atoms with Crippen LogP contribution in [0.3, 0.4) is 0 Å². The lowest BCUT2D eigenvalue weighted by atomic mass is 9.45. The fourth-order valence-electron chi connectivity index (χ4n) is 8.03. The lowest BCUT2D eigenvalue weighted by Crippen LogP contribution is -2.54. The van der Waals surface area contributed by atoms with Gasteiger partial charge >= 0.3 is 0 Å². The highest BCUT2D eigenvalue weighted by Crippen LogP contribution is 2.67. The van der Waals surface area contributed by atoms with Crippen molar-refractivity contribution in [2.24, 2.45) is 34.5 Å². The topological polar surface area (TPSA) is 61.7 Å². The lowest BCUT2D eigenvalue weighted by molar-refractivity contribution is -0.0517. The summed E-state index contributed by atoms with van der Waals surface area (Å²) in [5, 5.41) is 24.9. The molecule has 1 aliphatic heterocycles. The number of ether oxygens (including phenoxy) is 1. The molecule has 156 valence electrons. The molecule has 5 rings (SSSR count). The SMILES string of the molecule is CC1C=C2CC(O)CC[C@]2(C)[C@H]2CC[C@]3(C)C(C4COCCN4)=C(O)C[C@H]3[C@H]12. The summed E-state index contributed by atoms with van der Waals surface area (Å²) in [6.45, 7) is 9.60. The van der Waals surface area contributed by atoms with Crippen LogP contribution in [0, 0.1) is 34.5 Å². The largest absolute Gasteiger partial charge is 0.512 e. The maximum Gasteiger partial charge on any atom is 0.0940 e. The number of fused-ring (bicyclic) bond motifs is 5. The molecule has 0 aromatic heterocycles. The van der Waals surface area contributed by atoms with Crippen molar-refractivity contribution >= 4 is 0 Å². The summed E-state index contributed by atoms with van der Waals surface area (Å²) in [7, 11) is 0. The van der Waals surface area contributed by atoms with E-state index in [1.807, 2.05) is 0 Å². The van der Waals surface area contributed by atoms with Gasteiger partial charge in [-0.15, -0.1) is 0 Å². The zero-order chi connectivity index (χ0) is 19.7. The predicted octanol–water partition coefficient (Wildman–Crippen LogP) is 3.97. The first-order chi connectivity index (χ1) is 13.3.